The van der Waals surface area contributed by atoms with Crippen molar-refractivity contribution in [3.63, 3.8) is 0 Å². The average molecular weight is 366 g/mol. The second-order valence-electron chi connectivity index (χ2n) is 7.59. The number of hydrogen-bond donors (Lipinski definition) is 1. The average Bonchev–Trinajstić information content (AvgIpc) is 2.69. The van der Waals surface area contributed by atoms with E-state index in [2.05, 4.69) is 11.8 Å². The summed E-state index contributed by atoms with van der Waals surface area (Å²) < 4.78 is 0. The van der Waals surface area contributed by atoms with E-state index in [0.29, 0.717) is 22.3 Å². The molecular formula is C26H22O2. The summed E-state index contributed by atoms with van der Waals surface area (Å²) >= 11 is 0. The van der Waals surface area contributed by atoms with Crippen molar-refractivity contribution in [2.45, 2.75) is 33.3 Å². The molecule has 1 aliphatic carbocycles. The molecule has 28 heavy (non-hydrogen) atoms. The van der Waals surface area contributed by atoms with E-state index in [0.717, 1.165) is 27.8 Å². The quantitative estimate of drug-likeness (QED) is 0.583. The van der Waals surface area contributed by atoms with Crippen molar-refractivity contribution in [1.29, 1.82) is 0 Å². The molecule has 1 unspecified atom stereocenters. The third-order valence-electron chi connectivity index (χ3n) is 5.64. The van der Waals surface area contributed by atoms with Crippen molar-refractivity contribution in [3.05, 3.63) is 105 Å². The lowest BCUT2D eigenvalue weighted by molar-refractivity contribution is 0.0977. The zero-order valence-corrected chi connectivity index (χ0v) is 16.6. The van der Waals surface area contributed by atoms with E-state index in [-0.39, 0.29) is 5.78 Å². The smallest absolute Gasteiger partial charge is 0.194 e. The van der Waals surface area contributed by atoms with Gasteiger partial charge in [0.25, 0.3) is 0 Å². The van der Waals surface area contributed by atoms with Crippen LogP contribution in [-0.4, -0.2) is 10.9 Å². The molecule has 3 aromatic rings. The molecule has 0 heterocycles. The summed E-state index contributed by atoms with van der Waals surface area (Å²) in [5.74, 6) is 6.20. The molecule has 0 aliphatic heterocycles. The van der Waals surface area contributed by atoms with Crippen molar-refractivity contribution in [2.75, 3.05) is 0 Å². The second-order valence-corrected chi connectivity index (χ2v) is 7.59. The Morgan fingerprint density at radius 1 is 0.821 bits per heavy atom. The fourth-order valence-corrected chi connectivity index (χ4v) is 3.96. The van der Waals surface area contributed by atoms with Gasteiger partial charge in [-0.1, -0.05) is 48.2 Å². The summed E-state index contributed by atoms with van der Waals surface area (Å²) in [6, 6.07) is 17.3. The molecule has 4 rings (SSSR count). The third-order valence-corrected chi connectivity index (χ3v) is 5.64. The van der Waals surface area contributed by atoms with Crippen LogP contribution in [0.1, 0.15) is 54.9 Å². The minimum Gasteiger partial charge on any atom is -0.369 e. The van der Waals surface area contributed by atoms with E-state index in [9.17, 15) is 9.90 Å². The highest BCUT2D eigenvalue weighted by Crippen LogP contribution is 2.43. The Morgan fingerprint density at radius 3 is 2.18 bits per heavy atom. The van der Waals surface area contributed by atoms with Gasteiger partial charge in [0.15, 0.2) is 11.4 Å². The van der Waals surface area contributed by atoms with Crippen LogP contribution in [0.2, 0.25) is 0 Å². The van der Waals surface area contributed by atoms with Crippen LogP contribution in [0.15, 0.2) is 54.6 Å². The van der Waals surface area contributed by atoms with Gasteiger partial charge in [-0.05, 0) is 68.1 Å². The first-order valence-electron chi connectivity index (χ1n) is 9.40. The monoisotopic (exact) mass is 366 g/mol. The number of benzene rings is 3. The Bertz CT molecular complexity index is 1180. The van der Waals surface area contributed by atoms with Gasteiger partial charge in [0.2, 0.25) is 0 Å². The molecule has 0 aromatic heterocycles. The summed E-state index contributed by atoms with van der Waals surface area (Å²) in [6.45, 7) is 7.81. The van der Waals surface area contributed by atoms with E-state index < -0.39 is 5.60 Å². The maximum atomic E-state index is 13.3. The molecule has 138 valence electrons. The molecule has 2 nitrogen and oxygen atoms in total. The summed E-state index contributed by atoms with van der Waals surface area (Å²) in [7, 11) is 0. The first-order valence-corrected chi connectivity index (χ1v) is 9.40. The maximum Gasteiger partial charge on any atom is 0.194 e. The minimum absolute atomic E-state index is 0.0412. The van der Waals surface area contributed by atoms with E-state index >= 15 is 0 Å². The summed E-state index contributed by atoms with van der Waals surface area (Å²) in [4.78, 5) is 13.3. The van der Waals surface area contributed by atoms with Crippen LogP contribution in [0, 0.1) is 39.5 Å². The topological polar surface area (TPSA) is 37.3 Å². The number of ketones is 1. The number of fused-ring (bicyclic) bond motifs is 2. The van der Waals surface area contributed by atoms with Gasteiger partial charge in [-0.2, -0.15) is 0 Å². The van der Waals surface area contributed by atoms with Crippen LogP contribution in [0.4, 0.5) is 0 Å². The Kier molecular flexibility index (Phi) is 4.22. The lowest BCUT2D eigenvalue weighted by Gasteiger charge is -2.34. The van der Waals surface area contributed by atoms with Gasteiger partial charge < -0.3 is 5.11 Å². The largest absolute Gasteiger partial charge is 0.369 e. The molecule has 0 saturated carbocycles. The standard InChI is InChI=1S/C26H22O2/c1-16-10-11-17(2)24-23(16)25(27)21-14-18(3)19(4)15-22(21)26(24,28)13-12-20-8-6-5-7-9-20/h5-11,14-15,28H,1-4H3. The molecule has 1 aliphatic rings. The van der Waals surface area contributed by atoms with Crippen LogP contribution in [0.5, 0.6) is 0 Å². The fraction of sp³-hybridized carbons (Fsp3) is 0.192. The van der Waals surface area contributed by atoms with Crippen LogP contribution in [0.25, 0.3) is 0 Å². The molecular weight excluding hydrogens is 344 g/mol. The van der Waals surface area contributed by atoms with Crippen molar-refractivity contribution >= 4 is 5.78 Å². The highest BCUT2D eigenvalue weighted by atomic mass is 16.3. The third kappa shape index (κ3) is 2.68. The number of rotatable bonds is 0. The van der Waals surface area contributed by atoms with Gasteiger partial charge in [0, 0.05) is 27.8 Å². The number of carbonyl (C=O) groups excluding carboxylic acids is 1. The Hall–Kier alpha value is -3.15. The molecule has 0 fully saturated rings. The lowest BCUT2D eigenvalue weighted by Crippen LogP contribution is -2.36. The maximum absolute atomic E-state index is 13.3. The Morgan fingerprint density at radius 2 is 1.46 bits per heavy atom. The molecule has 0 spiro atoms. The number of aryl methyl sites for hydroxylation is 4. The van der Waals surface area contributed by atoms with Gasteiger partial charge in [-0.3, -0.25) is 4.79 Å². The van der Waals surface area contributed by atoms with E-state index in [1.54, 1.807) is 0 Å². The highest BCUT2D eigenvalue weighted by molar-refractivity contribution is 6.14. The van der Waals surface area contributed by atoms with Crippen molar-refractivity contribution in [3.8, 4) is 11.8 Å². The van der Waals surface area contributed by atoms with Crippen LogP contribution >= 0.6 is 0 Å². The van der Waals surface area contributed by atoms with Crippen LogP contribution < -0.4 is 0 Å². The summed E-state index contributed by atoms with van der Waals surface area (Å²) in [5.41, 5.74) is 5.35. The zero-order valence-electron chi connectivity index (χ0n) is 16.6. The first-order chi connectivity index (χ1) is 13.3. The second kappa shape index (κ2) is 6.48. The van der Waals surface area contributed by atoms with Crippen LogP contribution in [-0.2, 0) is 5.60 Å². The number of hydrogen-bond acceptors (Lipinski definition) is 2. The molecule has 0 radical (unpaired) electrons. The normalized spacial score (nSPS) is 17.4. The molecule has 2 heteroatoms. The predicted molar refractivity (Wildman–Crippen MR) is 112 cm³/mol. The van der Waals surface area contributed by atoms with E-state index in [1.165, 1.54) is 0 Å². The van der Waals surface area contributed by atoms with Crippen molar-refractivity contribution in [2.24, 2.45) is 0 Å². The SMILES string of the molecule is Cc1cc2c(cc1C)C(O)(C#Cc1ccccc1)c1c(C)ccc(C)c1C2=O. The van der Waals surface area contributed by atoms with E-state index in [1.807, 2.05) is 82.3 Å². The lowest BCUT2D eigenvalue weighted by atomic mass is 9.70. The molecule has 0 saturated heterocycles. The number of carbonyl (C=O) groups is 1. The molecule has 3 aromatic carbocycles. The van der Waals surface area contributed by atoms with Crippen molar-refractivity contribution in [1.82, 2.24) is 0 Å². The van der Waals surface area contributed by atoms with Gasteiger partial charge in [-0.15, -0.1) is 0 Å². The Labute approximate surface area is 165 Å². The van der Waals surface area contributed by atoms with Gasteiger partial charge >= 0.3 is 0 Å². The molecule has 0 bridgehead atoms. The predicted octanol–water partition coefficient (Wildman–Crippen LogP) is 4.75. The minimum atomic E-state index is -1.54. The zero-order chi connectivity index (χ0) is 20.1. The molecule has 1 atom stereocenters. The van der Waals surface area contributed by atoms with Gasteiger partial charge in [0.05, 0.1) is 0 Å². The molecule has 1 N–H and O–H groups in total. The number of aliphatic hydroxyl groups is 1. The highest BCUT2D eigenvalue weighted by Gasteiger charge is 2.43. The Balaban J connectivity index is 2.08. The van der Waals surface area contributed by atoms with E-state index in [4.69, 9.17) is 0 Å². The summed E-state index contributed by atoms with van der Waals surface area (Å²) in [5, 5.41) is 11.9. The fourth-order valence-electron chi connectivity index (χ4n) is 3.96. The van der Waals surface area contributed by atoms with Crippen molar-refractivity contribution < 1.29 is 9.90 Å². The summed E-state index contributed by atoms with van der Waals surface area (Å²) in [6.07, 6.45) is 0. The van der Waals surface area contributed by atoms with Gasteiger partial charge in [0.1, 0.15) is 0 Å². The first kappa shape index (κ1) is 18.2. The van der Waals surface area contributed by atoms with Gasteiger partial charge in [-0.25, -0.2) is 0 Å². The molecule has 0 amide bonds. The van der Waals surface area contributed by atoms with Crippen LogP contribution in [0.3, 0.4) is 0 Å².